The third-order valence-electron chi connectivity index (χ3n) is 3.72. The topological polar surface area (TPSA) is 35.2 Å². The standard InChI is InChI=1S/C14H17NO/c15-14(11-5-3-7-16-9-11)13-8-10-4-1-2-6-12(10)13/h1-2,4,6,9,13-14H,3,5,7-8,15H2. The van der Waals surface area contributed by atoms with Crippen LogP contribution in [0.3, 0.4) is 0 Å². The van der Waals surface area contributed by atoms with Gasteiger partial charge in [-0.3, -0.25) is 0 Å². The van der Waals surface area contributed by atoms with Gasteiger partial charge in [0, 0.05) is 12.0 Å². The van der Waals surface area contributed by atoms with Crippen molar-refractivity contribution in [2.45, 2.75) is 31.2 Å². The lowest BCUT2D eigenvalue weighted by Crippen LogP contribution is -2.37. The molecule has 1 aliphatic carbocycles. The molecular weight excluding hydrogens is 198 g/mol. The van der Waals surface area contributed by atoms with Gasteiger partial charge in [0.05, 0.1) is 12.9 Å². The SMILES string of the molecule is NC(C1=COCCC1)C1Cc2ccccc21. The molecule has 1 aromatic carbocycles. The Morgan fingerprint density at radius 3 is 2.94 bits per heavy atom. The van der Waals surface area contributed by atoms with Crippen LogP contribution < -0.4 is 5.73 Å². The van der Waals surface area contributed by atoms with Gasteiger partial charge in [-0.15, -0.1) is 0 Å². The Kier molecular flexibility index (Phi) is 2.44. The normalized spacial score (nSPS) is 24.8. The maximum Gasteiger partial charge on any atom is 0.0876 e. The largest absolute Gasteiger partial charge is 0.501 e. The third-order valence-corrected chi connectivity index (χ3v) is 3.72. The van der Waals surface area contributed by atoms with E-state index in [0.717, 1.165) is 25.9 Å². The molecule has 1 heterocycles. The van der Waals surface area contributed by atoms with Crippen LogP contribution in [0.25, 0.3) is 0 Å². The van der Waals surface area contributed by atoms with Crippen molar-refractivity contribution in [3.8, 4) is 0 Å². The molecule has 0 radical (unpaired) electrons. The lowest BCUT2D eigenvalue weighted by molar-refractivity contribution is 0.219. The van der Waals surface area contributed by atoms with E-state index in [1.165, 1.54) is 16.7 Å². The van der Waals surface area contributed by atoms with Crippen molar-refractivity contribution in [1.29, 1.82) is 0 Å². The highest BCUT2D eigenvalue weighted by molar-refractivity contribution is 5.43. The van der Waals surface area contributed by atoms with Crippen LogP contribution in [0.5, 0.6) is 0 Å². The second-order valence-corrected chi connectivity index (χ2v) is 4.70. The van der Waals surface area contributed by atoms with Crippen LogP contribution in [0.1, 0.15) is 29.9 Å². The van der Waals surface area contributed by atoms with Crippen LogP contribution in [0.2, 0.25) is 0 Å². The van der Waals surface area contributed by atoms with Gasteiger partial charge in [-0.1, -0.05) is 24.3 Å². The summed E-state index contributed by atoms with van der Waals surface area (Å²) >= 11 is 0. The van der Waals surface area contributed by atoms with Crippen LogP contribution in [0.15, 0.2) is 36.1 Å². The van der Waals surface area contributed by atoms with Crippen LogP contribution in [-0.4, -0.2) is 12.6 Å². The van der Waals surface area contributed by atoms with Crippen molar-refractivity contribution in [3.05, 3.63) is 47.2 Å². The van der Waals surface area contributed by atoms with E-state index < -0.39 is 0 Å². The van der Waals surface area contributed by atoms with Crippen LogP contribution in [-0.2, 0) is 11.2 Å². The summed E-state index contributed by atoms with van der Waals surface area (Å²) in [6.07, 6.45) is 5.21. The molecule has 2 N–H and O–H groups in total. The van der Waals surface area contributed by atoms with Crippen molar-refractivity contribution in [3.63, 3.8) is 0 Å². The van der Waals surface area contributed by atoms with Gasteiger partial charge in [0.15, 0.2) is 0 Å². The van der Waals surface area contributed by atoms with E-state index >= 15 is 0 Å². The number of hydrogen-bond donors (Lipinski definition) is 1. The Bertz CT molecular complexity index is 424. The minimum atomic E-state index is 0.148. The molecule has 0 spiro atoms. The Labute approximate surface area is 96.1 Å². The van der Waals surface area contributed by atoms with Gasteiger partial charge in [-0.05, 0) is 36.0 Å². The zero-order valence-corrected chi connectivity index (χ0v) is 9.36. The summed E-state index contributed by atoms with van der Waals surface area (Å²) in [5, 5.41) is 0. The zero-order chi connectivity index (χ0) is 11.0. The molecule has 1 aliphatic heterocycles. The molecule has 0 bridgehead atoms. The molecule has 16 heavy (non-hydrogen) atoms. The average molecular weight is 215 g/mol. The summed E-state index contributed by atoms with van der Waals surface area (Å²) in [6.45, 7) is 0.845. The van der Waals surface area contributed by atoms with Crippen molar-refractivity contribution in [2.75, 3.05) is 6.61 Å². The minimum absolute atomic E-state index is 0.148. The highest BCUT2D eigenvalue weighted by Crippen LogP contribution is 2.39. The summed E-state index contributed by atoms with van der Waals surface area (Å²) in [5.74, 6) is 0.504. The fraction of sp³-hybridized carbons (Fsp3) is 0.429. The molecule has 84 valence electrons. The van der Waals surface area contributed by atoms with Gasteiger partial charge in [-0.25, -0.2) is 0 Å². The van der Waals surface area contributed by atoms with Gasteiger partial charge in [-0.2, -0.15) is 0 Å². The molecule has 0 amide bonds. The maximum absolute atomic E-state index is 6.32. The van der Waals surface area contributed by atoms with Crippen molar-refractivity contribution >= 4 is 0 Å². The van der Waals surface area contributed by atoms with E-state index in [-0.39, 0.29) is 6.04 Å². The Hall–Kier alpha value is -1.28. The van der Waals surface area contributed by atoms with Crippen LogP contribution in [0.4, 0.5) is 0 Å². The summed E-state index contributed by atoms with van der Waals surface area (Å²) in [6, 6.07) is 8.75. The first-order valence-electron chi connectivity index (χ1n) is 6.00. The molecule has 0 fully saturated rings. The van der Waals surface area contributed by atoms with Gasteiger partial charge in [0.1, 0.15) is 0 Å². The fourth-order valence-electron chi connectivity index (χ4n) is 2.71. The van der Waals surface area contributed by atoms with Crippen molar-refractivity contribution < 1.29 is 4.74 Å². The van der Waals surface area contributed by atoms with Crippen molar-refractivity contribution in [1.82, 2.24) is 0 Å². The first-order chi connectivity index (χ1) is 7.86. The number of fused-ring (bicyclic) bond motifs is 1. The summed E-state index contributed by atoms with van der Waals surface area (Å²) in [4.78, 5) is 0. The van der Waals surface area contributed by atoms with Gasteiger partial charge in [0.2, 0.25) is 0 Å². The molecule has 2 atom stereocenters. The predicted molar refractivity (Wildman–Crippen MR) is 64.1 cm³/mol. The second kappa shape index (κ2) is 3.95. The number of nitrogens with two attached hydrogens (primary N) is 1. The monoisotopic (exact) mass is 215 g/mol. The number of hydrogen-bond acceptors (Lipinski definition) is 2. The molecule has 2 unspecified atom stereocenters. The highest BCUT2D eigenvalue weighted by Gasteiger charge is 2.32. The van der Waals surface area contributed by atoms with E-state index in [1.807, 2.05) is 6.26 Å². The molecule has 0 saturated heterocycles. The lowest BCUT2D eigenvalue weighted by Gasteiger charge is -2.36. The first kappa shape index (κ1) is 9.91. The Morgan fingerprint density at radius 2 is 2.19 bits per heavy atom. The van der Waals surface area contributed by atoms with Gasteiger partial charge < -0.3 is 10.5 Å². The van der Waals surface area contributed by atoms with Crippen LogP contribution >= 0.6 is 0 Å². The van der Waals surface area contributed by atoms with Crippen molar-refractivity contribution in [2.24, 2.45) is 5.73 Å². The summed E-state index contributed by atoms with van der Waals surface area (Å²) < 4.78 is 5.37. The van der Waals surface area contributed by atoms with E-state index in [4.69, 9.17) is 10.5 Å². The Morgan fingerprint density at radius 1 is 1.31 bits per heavy atom. The average Bonchev–Trinajstić information content (AvgIpc) is 2.32. The van der Waals surface area contributed by atoms with E-state index in [2.05, 4.69) is 24.3 Å². The molecule has 2 heteroatoms. The highest BCUT2D eigenvalue weighted by atomic mass is 16.5. The molecule has 2 aliphatic rings. The predicted octanol–water partition coefficient (Wildman–Crippen LogP) is 2.35. The number of benzene rings is 1. The van der Waals surface area contributed by atoms with E-state index in [1.54, 1.807) is 0 Å². The second-order valence-electron chi connectivity index (χ2n) is 4.70. The maximum atomic E-state index is 6.32. The molecule has 0 saturated carbocycles. The molecule has 2 nitrogen and oxygen atoms in total. The molecule has 0 aromatic heterocycles. The quantitative estimate of drug-likeness (QED) is 0.822. The molecule has 1 aromatic rings. The lowest BCUT2D eigenvalue weighted by atomic mass is 9.71. The Balaban J connectivity index is 1.78. The van der Waals surface area contributed by atoms with Gasteiger partial charge in [0.25, 0.3) is 0 Å². The third kappa shape index (κ3) is 1.54. The minimum Gasteiger partial charge on any atom is -0.501 e. The van der Waals surface area contributed by atoms with E-state index in [0.29, 0.717) is 5.92 Å². The first-order valence-corrected chi connectivity index (χ1v) is 6.00. The number of ether oxygens (including phenoxy) is 1. The van der Waals surface area contributed by atoms with Crippen LogP contribution in [0, 0.1) is 0 Å². The smallest absolute Gasteiger partial charge is 0.0876 e. The van der Waals surface area contributed by atoms with E-state index in [9.17, 15) is 0 Å². The fourth-order valence-corrected chi connectivity index (χ4v) is 2.71. The summed E-state index contributed by atoms with van der Waals surface area (Å²) in [7, 11) is 0. The zero-order valence-electron chi connectivity index (χ0n) is 9.36. The molecular formula is C14H17NO. The molecule has 3 rings (SSSR count). The van der Waals surface area contributed by atoms with Gasteiger partial charge >= 0.3 is 0 Å². The summed E-state index contributed by atoms with van der Waals surface area (Å²) in [5.41, 5.74) is 10.5. The number of rotatable bonds is 2.